The number of piperidine rings is 1. The second-order valence-corrected chi connectivity index (χ2v) is 9.16. The average Bonchev–Trinajstić information content (AvgIpc) is 2.86. The number of aromatic nitrogens is 1. The Morgan fingerprint density at radius 3 is 2.71 bits per heavy atom. The molecule has 0 unspecified atom stereocenters. The molecular weight excluding hydrogens is 450 g/mol. The summed E-state index contributed by atoms with van der Waals surface area (Å²) in [6.45, 7) is 2.02. The van der Waals surface area contributed by atoms with Crippen LogP contribution in [0.15, 0.2) is 54.7 Å². The zero-order valence-electron chi connectivity index (χ0n) is 19.8. The number of hydrogen-bond acceptors (Lipinski definition) is 4. The van der Waals surface area contributed by atoms with Gasteiger partial charge in [0.2, 0.25) is 0 Å². The van der Waals surface area contributed by atoms with E-state index in [1.54, 1.807) is 31.4 Å². The van der Waals surface area contributed by atoms with Crippen molar-refractivity contribution >= 4 is 22.9 Å². The van der Waals surface area contributed by atoms with E-state index in [0.29, 0.717) is 74.0 Å². The highest BCUT2D eigenvalue weighted by Crippen LogP contribution is 2.37. The van der Waals surface area contributed by atoms with Crippen molar-refractivity contribution in [2.45, 2.75) is 32.1 Å². The van der Waals surface area contributed by atoms with Crippen LogP contribution in [0.2, 0.25) is 0 Å². The normalized spacial score (nSPS) is 16.1. The fourth-order valence-corrected chi connectivity index (χ4v) is 4.87. The number of methoxy groups -OCH3 is 1. The number of pyridine rings is 1. The van der Waals surface area contributed by atoms with Crippen molar-refractivity contribution in [2.75, 3.05) is 26.7 Å². The Hall–Kier alpha value is -3.32. The van der Waals surface area contributed by atoms with Gasteiger partial charge in [0.15, 0.2) is 0 Å². The maximum absolute atomic E-state index is 14.6. The van der Waals surface area contributed by atoms with Crippen LogP contribution in [0.3, 0.4) is 0 Å². The number of likely N-dealkylation sites (tertiary alicyclic amines) is 1. The summed E-state index contributed by atoms with van der Waals surface area (Å²) in [4.78, 5) is 18.6. The van der Waals surface area contributed by atoms with Gasteiger partial charge < -0.3 is 9.84 Å². The van der Waals surface area contributed by atoms with Gasteiger partial charge in [0.25, 0.3) is 0 Å². The molecule has 184 valence electrons. The maximum atomic E-state index is 14.6. The molecule has 5 nitrogen and oxygen atoms in total. The molecule has 1 aliphatic heterocycles. The monoisotopic (exact) mass is 480 g/mol. The molecule has 3 aromatic rings. The minimum Gasteiger partial charge on any atom is -0.497 e. The highest BCUT2D eigenvalue weighted by atomic mass is 19.1. The smallest absolute Gasteiger partial charge is 0.309 e. The minimum absolute atomic E-state index is 0.268. The molecule has 1 saturated heterocycles. The van der Waals surface area contributed by atoms with Crippen molar-refractivity contribution in [3.63, 3.8) is 0 Å². The number of hydrogen-bond donors (Lipinski definition) is 1. The van der Waals surface area contributed by atoms with Crippen molar-refractivity contribution in [1.82, 2.24) is 9.88 Å². The number of nitrogens with zero attached hydrogens (tertiary/aromatic N) is 2. The van der Waals surface area contributed by atoms with E-state index in [0.717, 1.165) is 5.56 Å². The van der Waals surface area contributed by atoms with Crippen molar-refractivity contribution in [3.8, 4) is 5.75 Å². The molecule has 0 atom stereocenters. The van der Waals surface area contributed by atoms with Gasteiger partial charge in [0, 0.05) is 11.9 Å². The van der Waals surface area contributed by atoms with Gasteiger partial charge in [-0.15, -0.1) is 0 Å². The first kappa shape index (κ1) is 24.8. The van der Waals surface area contributed by atoms with E-state index in [9.17, 15) is 18.7 Å². The summed E-state index contributed by atoms with van der Waals surface area (Å²) in [7, 11) is 1.56. The highest BCUT2D eigenvalue weighted by molar-refractivity contribution is 5.83. The minimum atomic E-state index is -0.806. The summed E-state index contributed by atoms with van der Waals surface area (Å²) < 4.78 is 33.2. The van der Waals surface area contributed by atoms with E-state index in [1.165, 1.54) is 18.3 Å². The Morgan fingerprint density at radius 1 is 1.20 bits per heavy atom. The van der Waals surface area contributed by atoms with Gasteiger partial charge in [0.05, 0.1) is 24.2 Å². The SMILES string of the molecule is COc1ccc2ncc(F)c(CCCC3(C(=O)O)CCN(CC=Cc4cccc(F)c4)CC3)c2c1. The number of fused-ring (bicyclic) bond motifs is 1. The van der Waals surface area contributed by atoms with Crippen molar-refractivity contribution < 1.29 is 23.4 Å². The molecule has 2 aromatic carbocycles. The summed E-state index contributed by atoms with van der Waals surface area (Å²) in [6, 6.07) is 11.8. The highest BCUT2D eigenvalue weighted by Gasteiger charge is 2.40. The number of rotatable bonds is 9. The summed E-state index contributed by atoms with van der Waals surface area (Å²) in [5.41, 5.74) is 1.24. The third-order valence-electron chi connectivity index (χ3n) is 7.01. The number of carboxylic acid groups (broad SMARTS) is 1. The number of benzene rings is 2. The largest absolute Gasteiger partial charge is 0.497 e. The van der Waals surface area contributed by atoms with E-state index in [2.05, 4.69) is 9.88 Å². The zero-order chi connectivity index (χ0) is 24.8. The summed E-state index contributed by atoms with van der Waals surface area (Å²) >= 11 is 0. The van der Waals surface area contributed by atoms with Crippen LogP contribution in [-0.4, -0.2) is 47.7 Å². The standard InChI is InChI=1S/C28H30F2N2O3/c1-35-22-9-10-26-24(18-22)23(25(30)19-31-26)8-3-11-28(27(33)34)12-15-32(16-13-28)14-4-6-20-5-2-7-21(29)17-20/h2,4-7,9-10,17-19H,3,8,11-16H2,1H3,(H,33,34). The van der Waals surface area contributed by atoms with Crippen LogP contribution < -0.4 is 4.74 Å². The molecule has 7 heteroatoms. The van der Waals surface area contributed by atoms with E-state index in [1.807, 2.05) is 18.2 Å². The molecule has 2 heterocycles. The molecule has 35 heavy (non-hydrogen) atoms. The predicted molar refractivity (Wildman–Crippen MR) is 132 cm³/mol. The molecule has 0 bridgehead atoms. The maximum Gasteiger partial charge on any atom is 0.309 e. The van der Waals surface area contributed by atoms with Crippen molar-refractivity contribution in [3.05, 3.63) is 77.5 Å². The average molecular weight is 481 g/mol. The van der Waals surface area contributed by atoms with Crippen molar-refractivity contribution in [2.24, 2.45) is 5.41 Å². The van der Waals surface area contributed by atoms with Crippen LogP contribution in [0.1, 0.15) is 36.8 Å². The van der Waals surface area contributed by atoms with Gasteiger partial charge >= 0.3 is 5.97 Å². The number of carboxylic acids is 1. The first-order valence-corrected chi connectivity index (χ1v) is 11.9. The van der Waals surface area contributed by atoms with Crippen molar-refractivity contribution in [1.29, 1.82) is 0 Å². The summed E-state index contributed by atoms with van der Waals surface area (Å²) in [5.74, 6) is -0.800. The fourth-order valence-electron chi connectivity index (χ4n) is 4.87. The number of aryl methyl sites for hydroxylation is 1. The first-order valence-electron chi connectivity index (χ1n) is 11.9. The number of halogens is 2. The molecule has 1 aliphatic rings. The van der Waals surface area contributed by atoms with E-state index in [-0.39, 0.29) is 11.6 Å². The zero-order valence-corrected chi connectivity index (χ0v) is 19.8. The second kappa shape index (κ2) is 11.0. The first-order chi connectivity index (χ1) is 16.9. The van der Waals surface area contributed by atoms with E-state index in [4.69, 9.17) is 4.74 Å². The van der Waals surface area contributed by atoms with Gasteiger partial charge in [-0.05, 0) is 86.7 Å². The van der Waals surface area contributed by atoms with Crippen LogP contribution in [0.4, 0.5) is 8.78 Å². The second-order valence-electron chi connectivity index (χ2n) is 9.16. The third-order valence-corrected chi connectivity index (χ3v) is 7.01. The molecular formula is C28H30F2N2O3. The Balaban J connectivity index is 1.36. The quantitative estimate of drug-likeness (QED) is 0.424. The van der Waals surface area contributed by atoms with Gasteiger partial charge in [-0.2, -0.15) is 0 Å². The topological polar surface area (TPSA) is 62.7 Å². The number of carbonyl (C=O) groups is 1. The Labute approximate surface area is 204 Å². The lowest BCUT2D eigenvalue weighted by molar-refractivity contribution is -0.152. The van der Waals surface area contributed by atoms with Crippen LogP contribution in [-0.2, 0) is 11.2 Å². The van der Waals surface area contributed by atoms with Crippen LogP contribution in [0, 0.1) is 17.0 Å². The molecule has 0 spiro atoms. The lowest BCUT2D eigenvalue weighted by atomic mass is 9.74. The predicted octanol–water partition coefficient (Wildman–Crippen LogP) is 5.72. The Kier molecular flexibility index (Phi) is 7.76. The number of aliphatic carboxylic acids is 1. The Morgan fingerprint density at radius 2 is 2.00 bits per heavy atom. The Bertz CT molecular complexity index is 1220. The van der Waals surface area contributed by atoms with Gasteiger partial charge in [-0.3, -0.25) is 14.7 Å². The molecule has 0 amide bonds. The lowest BCUT2D eigenvalue weighted by Crippen LogP contribution is -2.44. The molecule has 1 aromatic heterocycles. The molecule has 4 rings (SSSR count). The van der Waals surface area contributed by atoms with Gasteiger partial charge in [-0.1, -0.05) is 24.3 Å². The molecule has 0 radical (unpaired) electrons. The van der Waals surface area contributed by atoms with E-state index >= 15 is 0 Å². The third kappa shape index (κ3) is 5.85. The fraction of sp³-hybridized carbons (Fsp3) is 0.357. The van der Waals surface area contributed by atoms with Crippen LogP contribution in [0.25, 0.3) is 17.0 Å². The van der Waals surface area contributed by atoms with Gasteiger partial charge in [-0.25, -0.2) is 8.78 Å². The number of ether oxygens (including phenoxy) is 1. The van der Waals surface area contributed by atoms with E-state index < -0.39 is 11.4 Å². The molecule has 1 fully saturated rings. The molecule has 1 N–H and O–H groups in total. The summed E-state index contributed by atoms with van der Waals surface area (Å²) in [5, 5.41) is 10.8. The van der Waals surface area contributed by atoms with Gasteiger partial charge in [0.1, 0.15) is 17.4 Å². The lowest BCUT2D eigenvalue weighted by Gasteiger charge is -2.38. The summed E-state index contributed by atoms with van der Waals surface area (Å²) in [6.07, 6.45) is 7.67. The molecule has 0 saturated carbocycles. The van der Waals surface area contributed by atoms with Crippen LogP contribution in [0.5, 0.6) is 5.75 Å². The van der Waals surface area contributed by atoms with Crippen LogP contribution >= 0.6 is 0 Å². The molecule has 0 aliphatic carbocycles.